The van der Waals surface area contributed by atoms with Crippen LogP contribution in [0.15, 0.2) is 42.9 Å². The molecule has 0 atom stereocenters. The molecule has 0 spiro atoms. The third-order valence-electron chi connectivity index (χ3n) is 5.80. The largest absolute Gasteiger partial charge is 0.485 e. The highest BCUT2D eigenvalue weighted by molar-refractivity contribution is 6.34. The van der Waals surface area contributed by atoms with Gasteiger partial charge in [-0.15, -0.1) is 0 Å². The molecule has 0 fully saturated rings. The maximum atomic E-state index is 12.6. The number of fused-ring (bicyclic) bond motifs is 2. The van der Waals surface area contributed by atoms with Crippen molar-refractivity contribution in [1.29, 1.82) is 0 Å². The van der Waals surface area contributed by atoms with Crippen molar-refractivity contribution >= 4 is 23.2 Å². The number of hydrogen-bond donors (Lipinski definition) is 0. The van der Waals surface area contributed by atoms with Crippen molar-refractivity contribution in [2.24, 2.45) is 0 Å². The van der Waals surface area contributed by atoms with Gasteiger partial charge in [0.15, 0.2) is 0 Å². The topological polar surface area (TPSA) is 86.8 Å². The van der Waals surface area contributed by atoms with Crippen molar-refractivity contribution in [1.82, 2.24) is 29.3 Å². The second-order valence-electron chi connectivity index (χ2n) is 9.53. The quantitative estimate of drug-likeness (QED) is 0.401. The Kier molecular flexibility index (Phi) is 5.88. The van der Waals surface area contributed by atoms with Gasteiger partial charge in [0.05, 0.1) is 41.4 Å². The van der Waals surface area contributed by atoms with E-state index >= 15 is 0 Å². The molecule has 1 aliphatic heterocycles. The third kappa shape index (κ3) is 4.68. The molecule has 0 saturated carbocycles. The summed E-state index contributed by atoms with van der Waals surface area (Å²) in [5.41, 5.74) is 4.57. The second-order valence-corrected chi connectivity index (χ2v) is 9.94. The Balaban J connectivity index is 1.47. The van der Waals surface area contributed by atoms with E-state index in [-0.39, 0.29) is 6.09 Å². The predicted octanol–water partition coefficient (Wildman–Crippen LogP) is 4.88. The maximum absolute atomic E-state index is 12.6. The third-order valence-corrected chi connectivity index (χ3v) is 6.08. The van der Waals surface area contributed by atoms with Gasteiger partial charge in [0.25, 0.3) is 0 Å². The first-order valence-electron chi connectivity index (χ1n) is 11.4. The monoisotopic (exact) mass is 494 g/mol. The molecule has 10 heteroatoms. The predicted molar refractivity (Wildman–Crippen MR) is 131 cm³/mol. The zero-order valence-corrected chi connectivity index (χ0v) is 20.9. The molecule has 4 aromatic heterocycles. The van der Waals surface area contributed by atoms with Gasteiger partial charge >= 0.3 is 6.09 Å². The lowest BCUT2D eigenvalue weighted by Gasteiger charge is -2.30. The van der Waals surface area contributed by atoms with Crippen molar-refractivity contribution in [3.63, 3.8) is 0 Å². The number of nitrogens with zero attached hydrogens (tertiary/aromatic N) is 6. The minimum absolute atomic E-state index is 0.297. The van der Waals surface area contributed by atoms with Crippen LogP contribution in [0.2, 0.25) is 5.02 Å². The first-order valence-corrected chi connectivity index (χ1v) is 11.8. The Labute approximate surface area is 208 Å². The summed E-state index contributed by atoms with van der Waals surface area (Å²) in [4.78, 5) is 18.7. The summed E-state index contributed by atoms with van der Waals surface area (Å²) in [5.74, 6) is 0.594. The normalized spacial score (nSPS) is 13.7. The van der Waals surface area contributed by atoms with Crippen LogP contribution in [0.25, 0.3) is 16.8 Å². The molecule has 35 heavy (non-hydrogen) atoms. The minimum Gasteiger partial charge on any atom is -0.485 e. The first-order chi connectivity index (χ1) is 16.7. The van der Waals surface area contributed by atoms with Crippen LogP contribution in [0.3, 0.4) is 0 Å². The van der Waals surface area contributed by atoms with E-state index in [9.17, 15) is 4.79 Å². The summed E-state index contributed by atoms with van der Waals surface area (Å²) in [6.07, 6.45) is 4.90. The van der Waals surface area contributed by atoms with Crippen LogP contribution in [0.4, 0.5) is 4.79 Å². The van der Waals surface area contributed by atoms with E-state index < -0.39 is 5.60 Å². The molecular weight excluding hydrogens is 468 g/mol. The van der Waals surface area contributed by atoms with Crippen LogP contribution in [0.5, 0.6) is 5.75 Å². The molecule has 0 aliphatic carbocycles. The number of amides is 1. The van der Waals surface area contributed by atoms with Crippen LogP contribution in [0, 0.1) is 6.92 Å². The fourth-order valence-electron chi connectivity index (χ4n) is 4.13. The molecule has 5 heterocycles. The van der Waals surface area contributed by atoms with Crippen molar-refractivity contribution in [2.75, 3.05) is 6.54 Å². The van der Waals surface area contributed by atoms with Crippen molar-refractivity contribution in [3.05, 3.63) is 64.8 Å². The number of hydrogen-bond acceptors (Lipinski definition) is 6. The molecule has 0 unspecified atom stereocenters. The highest BCUT2D eigenvalue weighted by Gasteiger charge is 2.29. The molecule has 9 nitrogen and oxygen atoms in total. The standard InChI is InChI=1S/C25H27ClN6O3/c1-16-20-14-30(24(33)35-25(2,3)4)9-10-31(20)29-22(16)17-11-21(23-19(26)12-28-32(23)13-17)34-15-18-7-5-6-8-27-18/h5-8,11-13H,9-10,14-15H2,1-4H3. The molecule has 0 saturated heterocycles. The number of halogens is 1. The Morgan fingerprint density at radius 3 is 2.80 bits per heavy atom. The lowest BCUT2D eigenvalue weighted by molar-refractivity contribution is 0.0194. The average molecular weight is 495 g/mol. The zero-order valence-electron chi connectivity index (χ0n) is 20.2. The summed E-state index contributed by atoms with van der Waals surface area (Å²) < 4.78 is 15.4. The van der Waals surface area contributed by atoms with Crippen LogP contribution < -0.4 is 4.74 Å². The van der Waals surface area contributed by atoms with E-state index in [1.165, 1.54) is 0 Å². The highest BCUT2D eigenvalue weighted by atomic mass is 35.5. The number of aromatic nitrogens is 5. The Morgan fingerprint density at radius 2 is 2.06 bits per heavy atom. The van der Waals surface area contributed by atoms with Gasteiger partial charge in [-0.3, -0.25) is 9.67 Å². The van der Waals surface area contributed by atoms with Crippen LogP contribution in [-0.2, 0) is 24.4 Å². The number of carbonyl (C=O) groups is 1. The summed E-state index contributed by atoms with van der Waals surface area (Å²) >= 11 is 6.42. The number of rotatable bonds is 4. The molecule has 4 aromatic rings. The number of ether oxygens (including phenoxy) is 2. The van der Waals surface area contributed by atoms with E-state index in [0.29, 0.717) is 42.5 Å². The SMILES string of the molecule is Cc1c(-c2cc(OCc3ccccn3)c3c(Cl)cnn3c2)nn2c1CN(C(=O)OC(C)(C)C)CC2. The minimum atomic E-state index is -0.541. The summed E-state index contributed by atoms with van der Waals surface area (Å²) in [6.45, 7) is 9.48. The van der Waals surface area contributed by atoms with Crippen LogP contribution >= 0.6 is 11.6 Å². The summed E-state index contributed by atoms with van der Waals surface area (Å²) in [7, 11) is 0. The fraction of sp³-hybridized carbons (Fsp3) is 0.360. The van der Waals surface area contributed by atoms with Crippen molar-refractivity contribution < 1.29 is 14.3 Å². The van der Waals surface area contributed by atoms with Crippen molar-refractivity contribution in [3.8, 4) is 17.0 Å². The Bertz CT molecular complexity index is 1390. The Hall–Kier alpha value is -3.59. The summed E-state index contributed by atoms with van der Waals surface area (Å²) in [6, 6.07) is 7.62. The molecule has 0 bridgehead atoms. The van der Waals surface area contributed by atoms with E-state index in [1.54, 1.807) is 21.8 Å². The molecule has 1 amide bonds. The lowest BCUT2D eigenvalue weighted by Crippen LogP contribution is -2.41. The molecule has 0 radical (unpaired) electrons. The van der Waals surface area contributed by atoms with E-state index in [1.807, 2.05) is 62.8 Å². The first kappa shape index (κ1) is 23.2. The molecule has 5 rings (SSSR count). The van der Waals surface area contributed by atoms with E-state index in [4.69, 9.17) is 26.2 Å². The number of pyridine rings is 2. The zero-order chi connectivity index (χ0) is 24.7. The fourth-order valence-corrected chi connectivity index (χ4v) is 4.35. The lowest BCUT2D eigenvalue weighted by atomic mass is 10.1. The Morgan fingerprint density at radius 1 is 1.23 bits per heavy atom. The molecule has 182 valence electrons. The molecule has 0 N–H and O–H groups in total. The molecule has 0 aromatic carbocycles. The van der Waals surface area contributed by atoms with Gasteiger partial charge in [0, 0.05) is 30.1 Å². The van der Waals surface area contributed by atoms with E-state index in [0.717, 1.165) is 28.2 Å². The van der Waals surface area contributed by atoms with Gasteiger partial charge < -0.3 is 14.4 Å². The van der Waals surface area contributed by atoms with E-state index in [2.05, 4.69) is 10.1 Å². The van der Waals surface area contributed by atoms with Gasteiger partial charge in [0.1, 0.15) is 23.5 Å². The van der Waals surface area contributed by atoms with Crippen LogP contribution in [-0.4, -0.2) is 47.5 Å². The number of carbonyl (C=O) groups excluding carboxylic acids is 1. The highest BCUT2D eigenvalue weighted by Crippen LogP contribution is 2.35. The van der Waals surface area contributed by atoms with Gasteiger partial charge in [-0.1, -0.05) is 17.7 Å². The second kappa shape index (κ2) is 8.88. The van der Waals surface area contributed by atoms with Gasteiger partial charge in [-0.05, 0) is 45.9 Å². The van der Waals surface area contributed by atoms with Gasteiger partial charge in [0.2, 0.25) is 0 Å². The van der Waals surface area contributed by atoms with Gasteiger partial charge in [-0.25, -0.2) is 9.31 Å². The maximum Gasteiger partial charge on any atom is 0.410 e. The van der Waals surface area contributed by atoms with Gasteiger partial charge in [-0.2, -0.15) is 10.2 Å². The smallest absolute Gasteiger partial charge is 0.410 e. The van der Waals surface area contributed by atoms with Crippen molar-refractivity contribution in [2.45, 2.75) is 53.0 Å². The van der Waals surface area contributed by atoms with Crippen LogP contribution in [0.1, 0.15) is 37.7 Å². The molecule has 1 aliphatic rings. The molecular formula is C25H27ClN6O3. The summed E-state index contributed by atoms with van der Waals surface area (Å²) in [5, 5.41) is 9.75. The average Bonchev–Trinajstić information content (AvgIpc) is 3.36.